The van der Waals surface area contributed by atoms with Crippen molar-refractivity contribution in [3.8, 4) is 11.3 Å². The Bertz CT molecular complexity index is 589. The third kappa shape index (κ3) is 2.05. The van der Waals surface area contributed by atoms with Crippen molar-refractivity contribution in [1.29, 1.82) is 0 Å². The predicted molar refractivity (Wildman–Crippen MR) is 60.7 cm³/mol. The molecule has 0 bridgehead atoms. The van der Waals surface area contributed by atoms with E-state index in [-0.39, 0.29) is 5.69 Å². The summed E-state index contributed by atoms with van der Waals surface area (Å²) in [7, 11) is 1.69. The highest BCUT2D eigenvalue weighted by Gasteiger charge is 2.12. The minimum Gasteiger partial charge on any atom is -0.298 e. The van der Waals surface area contributed by atoms with Crippen molar-refractivity contribution in [3.05, 3.63) is 46.1 Å². The molecule has 0 N–H and O–H groups in total. The summed E-state index contributed by atoms with van der Waals surface area (Å²) in [4.78, 5) is 21.0. The summed E-state index contributed by atoms with van der Waals surface area (Å²) in [5.74, 6) is 0. The average molecular weight is 231 g/mol. The fourth-order valence-electron chi connectivity index (χ4n) is 1.58. The van der Waals surface area contributed by atoms with Gasteiger partial charge in [-0.15, -0.1) is 0 Å². The zero-order valence-corrected chi connectivity index (χ0v) is 9.03. The molecule has 2 rings (SSSR count). The third-order valence-corrected chi connectivity index (χ3v) is 2.31. The van der Waals surface area contributed by atoms with Crippen LogP contribution in [0, 0.1) is 10.1 Å². The molecule has 0 saturated carbocycles. The molecule has 0 radical (unpaired) electrons. The van der Waals surface area contributed by atoms with Gasteiger partial charge in [-0.3, -0.25) is 19.6 Å². The number of nitro benzene ring substituents is 1. The molecule has 86 valence electrons. The average Bonchev–Trinajstić information content (AvgIpc) is 2.70. The molecule has 1 aromatic carbocycles. The maximum absolute atomic E-state index is 10.8. The number of non-ortho nitro benzene ring substituents is 1. The maximum atomic E-state index is 10.8. The Morgan fingerprint density at radius 3 is 2.88 bits per heavy atom. The van der Waals surface area contributed by atoms with Crippen molar-refractivity contribution >= 4 is 12.0 Å². The lowest BCUT2D eigenvalue weighted by atomic mass is 10.1. The van der Waals surface area contributed by atoms with Gasteiger partial charge in [0, 0.05) is 30.9 Å². The van der Waals surface area contributed by atoms with Crippen LogP contribution in [-0.4, -0.2) is 21.0 Å². The molecule has 6 heteroatoms. The summed E-state index contributed by atoms with van der Waals surface area (Å²) in [6, 6.07) is 6.04. The van der Waals surface area contributed by atoms with Crippen LogP contribution >= 0.6 is 0 Å². The van der Waals surface area contributed by atoms with Crippen LogP contribution in [0.1, 0.15) is 10.4 Å². The van der Waals surface area contributed by atoms with Crippen molar-refractivity contribution in [3.63, 3.8) is 0 Å². The molecular formula is C11H9N3O3. The Labute approximate surface area is 96.6 Å². The van der Waals surface area contributed by atoms with Gasteiger partial charge in [0.1, 0.15) is 5.69 Å². The van der Waals surface area contributed by atoms with Crippen LogP contribution in [0.2, 0.25) is 0 Å². The van der Waals surface area contributed by atoms with Gasteiger partial charge in [-0.2, -0.15) is 5.10 Å². The van der Waals surface area contributed by atoms with Crippen molar-refractivity contribution in [2.45, 2.75) is 0 Å². The quantitative estimate of drug-likeness (QED) is 0.458. The number of nitrogens with zero attached hydrogens (tertiary/aromatic N) is 3. The summed E-state index contributed by atoms with van der Waals surface area (Å²) in [5, 5.41) is 14.8. The van der Waals surface area contributed by atoms with E-state index in [2.05, 4.69) is 5.10 Å². The first kappa shape index (κ1) is 11.0. The first-order valence-electron chi connectivity index (χ1n) is 4.85. The van der Waals surface area contributed by atoms with Crippen LogP contribution in [0.25, 0.3) is 11.3 Å². The topological polar surface area (TPSA) is 78.0 Å². The lowest BCUT2D eigenvalue weighted by molar-refractivity contribution is -0.384. The fourth-order valence-corrected chi connectivity index (χ4v) is 1.58. The van der Waals surface area contributed by atoms with E-state index >= 15 is 0 Å². The molecule has 0 aliphatic carbocycles. The molecule has 0 aliphatic heterocycles. The van der Waals surface area contributed by atoms with E-state index in [9.17, 15) is 14.9 Å². The SMILES string of the molecule is Cn1cc(C=O)c(-c2cccc([N+](=O)[O-])c2)n1. The van der Waals surface area contributed by atoms with Crippen LogP contribution < -0.4 is 0 Å². The molecule has 0 amide bonds. The van der Waals surface area contributed by atoms with E-state index < -0.39 is 4.92 Å². The molecule has 0 saturated heterocycles. The minimum absolute atomic E-state index is 0.0231. The molecule has 2 aromatic rings. The first-order chi connectivity index (χ1) is 8.11. The van der Waals surface area contributed by atoms with Crippen molar-refractivity contribution in [2.75, 3.05) is 0 Å². The highest BCUT2D eigenvalue weighted by atomic mass is 16.6. The fraction of sp³-hybridized carbons (Fsp3) is 0.0909. The van der Waals surface area contributed by atoms with Gasteiger partial charge in [0.15, 0.2) is 6.29 Å². The van der Waals surface area contributed by atoms with Gasteiger partial charge in [-0.25, -0.2) is 0 Å². The monoisotopic (exact) mass is 231 g/mol. The molecule has 0 aliphatic rings. The van der Waals surface area contributed by atoms with E-state index in [0.717, 1.165) is 0 Å². The molecule has 6 nitrogen and oxygen atoms in total. The highest BCUT2D eigenvalue weighted by Crippen LogP contribution is 2.24. The van der Waals surface area contributed by atoms with Crippen LogP contribution in [0.4, 0.5) is 5.69 Å². The Morgan fingerprint density at radius 1 is 1.47 bits per heavy atom. The van der Waals surface area contributed by atoms with Crippen LogP contribution in [0.15, 0.2) is 30.5 Å². The van der Waals surface area contributed by atoms with Crippen molar-refractivity contribution in [1.82, 2.24) is 9.78 Å². The maximum Gasteiger partial charge on any atom is 0.270 e. The van der Waals surface area contributed by atoms with Gasteiger partial charge in [-0.05, 0) is 0 Å². The zero-order valence-electron chi connectivity index (χ0n) is 9.03. The normalized spacial score (nSPS) is 10.2. The first-order valence-corrected chi connectivity index (χ1v) is 4.85. The van der Waals surface area contributed by atoms with Gasteiger partial charge in [0.25, 0.3) is 5.69 Å². The number of carbonyl (C=O) groups excluding carboxylic acids is 1. The molecule has 17 heavy (non-hydrogen) atoms. The standard InChI is InChI=1S/C11H9N3O3/c1-13-6-9(7-15)11(12-13)8-3-2-4-10(5-8)14(16)17/h2-7H,1H3. The highest BCUT2D eigenvalue weighted by molar-refractivity contribution is 5.85. The second-order valence-electron chi connectivity index (χ2n) is 3.53. The minimum atomic E-state index is -0.479. The second-order valence-corrected chi connectivity index (χ2v) is 3.53. The van der Waals surface area contributed by atoms with Crippen molar-refractivity contribution < 1.29 is 9.72 Å². The molecule has 0 atom stereocenters. The number of aryl methyl sites for hydroxylation is 1. The summed E-state index contributed by atoms with van der Waals surface area (Å²) in [6.07, 6.45) is 2.25. The number of hydrogen-bond donors (Lipinski definition) is 0. The number of carbonyl (C=O) groups is 1. The van der Waals surface area contributed by atoms with E-state index in [0.29, 0.717) is 23.1 Å². The number of aldehydes is 1. The molecular weight excluding hydrogens is 222 g/mol. The Kier molecular flexibility index (Phi) is 2.70. The number of benzene rings is 1. The van der Waals surface area contributed by atoms with Crippen LogP contribution in [-0.2, 0) is 7.05 Å². The Morgan fingerprint density at radius 2 is 2.24 bits per heavy atom. The molecule has 0 unspecified atom stereocenters. The van der Waals surface area contributed by atoms with Crippen molar-refractivity contribution in [2.24, 2.45) is 7.05 Å². The molecule has 1 heterocycles. The molecule has 0 fully saturated rings. The van der Waals surface area contributed by atoms with Gasteiger partial charge in [0.05, 0.1) is 10.5 Å². The largest absolute Gasteiger partial charge is 0.298 e. The number of aromatic nitrogens is 2. The number of hydrogen-bond acceptors (Lipinski definition) is 4. The smallest absolute Gasteiger partial charge is 0.270 e. The third-order valence-electron chi connectivity index (χ3n) is 2.31. The Balaban J connectivity index is 2.55. The van der Waals surface area contributed by atoms with E-state index in [1.165, 1.54) is 16.8 Å². The van der Waals surface area contributed by atoms with Crippen LogP contribution in [0.5, 0.6) is 0 Å². The van der Waals surface area contributed by atoms with E-state index in [1.807, 2.05) is 0 Å². The Hall–Kier alpha value is -2.50. The predicted octanol–water partition coefficient (Wildman–Crippen LogP) is 1.81. The number of rotatable bonds is 3. The zero-order chi connectivity index (χ0) is 12.4. The van der Waals surface area contributed by atoms with E-state index in [4.69, 9.17) is 0 Å². The van der Waals surface area contributed by atoms with Gasteiger partial charge < -0.3 is 0 Å². The lowest BCUT2D eigenvalue weighted by Gasteiger charge is -1.97. The lowest BCUT2D eigenvalue weighted by Crippen LogP contribution is -1.91. The summed E-state index contributed by atoms with van der Waals surface area (Å²) in [6.45, 7) is 0. The van der Waals surface area contributed by atoms with Gasteiger partial charge in [-0.1, -0.05) is 12.1 Å². The van der Waals surface area contributed by atoms with Gasteiger partial charge >= 0.3 is 0 Å². The number of nitro groups is 1. The van der Waals surface area contributed by atoms with Crippen LogP contribution in [0.3, 0.4) is 0 Å². The molecule has 1 aromatic heterocycles. The van der Waals surface area contributed by atoms with Gasteiger partial charge in [0.2, 0.25) is 0 Å². The second kappa shape index (κ2) is 4.17. The molecule has 0 spiro atoms. The summed E-state index contributed by atoms with van der Waals surface area (Å²) in [5.41, 5.74) is 1.39. The summed E-state index contributed by atoms with van der Waals surface area (Å²) >= 11 is 0. The summed E-state index contributed by atoms with van der Waals surface area (Å²) < 4.78 is 1.50. The van der Waals surface area contributed by atoms with E-state index in [1.54, 1.807) is 25.4 Å².